The summed E-state index contributed by atoms with van der Waals surface area (Å²) in [5.74, 6) is 0.594. The summed E-state index contributed by atoms with van der Waals surface area (Å²) in [5, 5.41) is 5.21. The number of carbonyl (C=O) groups excluding carboxylic acids is 1. The highest BCUT2D eigenvalue weighted by atomic mass is 35.5. The number of hydrogen-bond acceptors (Lipinski definition) is 4. The van der Waals surface area contributed by atoms with Gasteiger partial charge >= 0.3 is 0 Å². The Morgan fingerprint density at radius 2 is 1.96 bits per heavy atom. The van der Waals surface area contributed by atoms with E-state index in [-0.39, 0.29) is 5.91 Å². The van der Waals surface area contributed by atoms with E-state index in [0.717, 1.165) is 25.3 Å². The van der Waals surface area contributed by atoms with Crippen LogP contribution in [0.1, 0.15) is 17.4 Å². The highest BCUT2D eigenvalue weighted by Crippen LogP contribution is 2.24. The molecule has 0 spiro atoms. The van der Waals surface area contributed by atoms with E-state index in [1.807, 2.05) is 23.1 Å². The molecule has 3 heterocycles. The largest absolute Gasteiger partial charge is 0.463 e. The fourth-order valence-corrected chi connectivity index (χ4v) is 3.50. The van der Waals surface area contributed by atoms with Gasteiger partial charge < -0.3 is 14.2 Å². The predicted octanol–water partition coefficient (Wildman–Crippen LogP) is 3.56. The molecule has 1 aliphatic heterocycles. The predicted molar refractivity (Wildman–Crippen MR) is 104 cm³/mol. The summed E-state index contributed by atoms with van der Waals surface area (Å²) in [4.78, 5) is 17.5. The molecule has 0 radical (unpaired) electrons. The van der Waals surface area contributed by atoms with Crippen LogP contribution in [0.3, 0.4) is 0 Å². The zero-order valence-electron chi connectivity index (χ0n) is 15.1. The number of carbonyl (C=O) groups is 1. The summed E-state index contributed by atoms with van der Waals surface area (Å²) in [5.41, 5.74) is 1.87. The molecule has 0 unspecified atom stereocenters. The van der Waals surface area contributed by atoms with Crippen molar-refractivity contribution in [1.29, 1.82) is 0 Å². The molecule has 1 amide bonds. The van der Waals surface area contributed by atoms with E-state index in [4.69, 9.17) is 16.0 Å². The van der Waals surface area contributed by atoms with Crippen LogP contribution in [0.4, 0.5) is 0 Å². The Labute approximate surface area is 162 Å². The second-order valence-corrected chi connectivity index (χ2v) is 6.95. The minimum Gasteiger partial charge on any atom is -0.463 e. The number of piperazine rings is 1. The van der Waals surface area contributed by atoms with Gasteiger partial charge in [-0.25, -0.2) is 4.68 Å². The molecule has 0 aliphatic carbocycles. The molecule has 27 heavy (non-hydrogen) atoms. The van der Waals surface area contributed by atoms with Crippen LogP contribution >= 0.6 is 11.6 Å². The van der Waals surface area contributed by atoms with Crippen molar-refractivity contribution >= 4 is 17.5 Å². The Morgan fingerprint density at radius 1 is 1.15 bits per heavy atom. The quantitative estimate of drug-likeness (QED) is 0.690. The standard InChI is InChI=1S/C20H21ClN4O2/c1-2-23-8-10-24(11-9-23)20(26)18-14-17(19-7-4-12-27-19)22-25(18)16-6-3-5-15(21)13-16/h3-7,12-14H,2,8-11H2,1H3. The number of halogens is 1. The summed E-state index contributed by atoms with van der Waals surface area (Å²) >= 11 is 6.15. The van der Waals surface area contributed by atoms with Gasteiger partial charge in [-0.05, 0) is 36.9 Å². The molecule has 3 aromatic rings. The molecule has 1 fully saturated rings. The highest BCUT2D eigenvalue weighted by Gasteiger charge is 2.26. The first-order valence-electron chi connectivity index (χ1n) is 9.07. The van der Waals surface area contributed by atoms with E-state index in [9.17, 15) is 4.79 Å². The van der Waals surface area contributed by atoms with Crippen LogP contribution < -0.4 is 0 Å². The third-order valence-electron chi connectivity index (χ3n) is 4.86. The van der Waals surface area contributed by atoms with Crippen LogP contribution in [0.15, 0.2) is 53.1 Å². The molecule has 0 N–H and O–H groups in total. The molecule has 0 bridgehead atoms. The minimum atomic E-state index is -0.0314. The third kappa shape index (κ3) is 3.63. The van der Waals surface area contributed by atoms with E-state index in [1.165, 1.54) is 0 Å². The molecule has 0 saturated carbocycles. The van der Waals surface area contributed by atoms with E-state index in [2.05, 4.69) is 16.9 Å². The smallest absolute Gasteiger partial charge is 0.272 e. The Morgan fingerprint density at radius 3 is 2.63 bits per heavy atom. The summed E-state index contributed by atoms with van der Waals surface area (Å²) in [6.07, 6.45) is 1.60. The van der Waals surface area contributed by atoms with Crippen molar-refractivity contribution in [3.8, 4) is 17.1 Å². The van der Waals surface area contributed by atoms with Crippen LogP contribution in [-0.4, -0.2) is 58.2 Å². The van der Waals surface area contributed by atoms with Gasteiger partial charge in [0.1, 0.15) is 11.4 Å². The molecular formula is C20H21ClN4O2. The normalized spacial score (nSPS) is 15.3. The first-order chi connectivity index (χ1) is 13.2. The second-order valence-electron chi connectivity index (χ2n) is 6.51. The van der Waals surface area contributed by atoms with E-state index < -0.39 is 0 Å². The zero-order valence-corrected chi connectivity index (χ0v) is 15.9. The first kappa shape index (κ1) is 17.8. The Kier molecular flexibility index (Phi) is 5.01. The SMILES string of the molecule is CCN1CCN(C(=O)c2cc(-c3ccco3)nn2-c2cccc(Cl)c2)CC1. The second kappa shape index (κ2) is 7.58. The Hall–Kier alpha value is -2.57. The van der Waals surface area contributed by atoms with Crippen molar-refractivity contribution in [2.45, 2.75) is 6.92 Å². The van der Waals surface area contributed by atoms with Gasteiger partial charge in [-0.3, -0.25) is 4.79 Å². The molecular weight excluding hydrogens is 364 g/mol. The fourth-order valence-electron chi connectivity index (χ4n) is 3.31. The van der Waals surface area contributed by atoms with Crippen LogP contribution in [-0.2, 0) is 0 Å². The monoisotopic (exact) mass is 384 g/mol. The minimum absolute atomic E-state index is 0.0314. The maximum Gasteiger partial charge on any atom is 0.272 e. The van der Waals surface area contributed by atoms with Gasteiger partial charge in [0, 0.05) is 37.3 Å². The number of hydrogen-bond donors (Lipinski definition) is 0. The van der Waals surface area contributed by atoms with Crippen molar-refractivity contribution in [2.75, 3.05) is 32.7 Å². The number of amides is 1. The number of likely N-dealkylation sites (N-methyl/N-ethyl adjacent to an activating group) is 1. The maximum atomic E-state index is 13.2. The number of benzene rings is 1. The lowest BCUT2D eigenvalue weighted by molar-refractivity contribution is 0.0634. The average Bonchev–Trinajstić information content (AvgIpc) is 3.37. The number of aromatic nitrogens is 2. The lowest BCUT2D eigenvalue weighted by atomic mass is 10.2. The van der Waals surface area contributed by atoms with Gasteiger partial charge in [-0.2, -0.15) is 5.10 Å². The summed E-state index contributed by atoms with van der Waals surface area (Å²) in [6.45, 7) is 6.34. The highest BCUT2D eigenvalue weighted by molar-refractivity contribution is 6.30. The molecule has 4 rings (SSSR count). The number of nitrogens with zero attached hydrogens (tertiary/aromatic N) is 4. The topological polar surface area (TPSA) is 54.5 Å². The summed E-state index contributed by atoms with van der Waals surface area (Å²) in [7, 11) is 0. The number of furan rings is 1. The van der Waals surface area contributed by atoms with Crippen molar-refractivity contribution in [2.24, 2.45) is 0 Å². The summed E-state index contributed by atoms with van der Waals surface area (Å²) in [6, 6.07) is 12.8. The molecule has 140 valence electrons. The van der Waals surface area contributed by atoms with Crippen molar-refractivity contribution in [3.05, 3.63) is 59.4 Å². The van der Waals surface area contributed by atoms with Gasteiger partial charge in [-0.15, -0.1) is 0 Å². The van der Waals surface area contributed by atoms with Crippen LogP contribution in [0.5, 0.6) is 0 Å². The third-order valence-corrected chi connectivity index (χ3v) is 5.10. The Balaban J connectivity index is 1.71. The molecule has 1 saturated heterocycles. The van der Waals surface area contributed by atoms with Crippen LogP contribution in [0.2, 0.25) is 5.02 Å². The fraction of sp³-hybridized carbons (Fsp3) is 0.300. The van der Waals surface area contributed by atoms with Crippen LogP contribution in [0.25, 0.3) is 17.1 Å². The van der Waals surface area contributed by atoms with E-state index in [0.29, 0.717) is 35.3 Å². The number of rotatable bonds is 4. The van der Waals surface area contributed by atoms with Crippen molar-refractivity contribution in [3.63, 3.8) is 0 Å². The van der Waals surface area contributed by atoms with Gasteiger partial charge in [0.2, 0.25) is 0 Å². The average molecular weight is 385 g/mol. The Bertz CT molecular complexity index is 927. The van der Waals surface area contributed by atoms with E-state index >= 15 is 0 Å². The molecule has 7 heteroatoms. The van der Waals surface area contributed by atoms with Crippen molar-refractivity contribution in [1.82, 2.24) is 19.6 Å². The molecule has 1 aliphatic rings. The van der Waals surface area contributed by atoms with Crippen molar-refractivity contribution < 1.29 is 9.21 Å². The lowest BCUT2D eigenvalue weighted by Gasteiger charge is -2.34. The van der Waals surface area contributed by atoms with Gasteiger partial charge in [0.15, 0.2) is 5.76 Å². The molecule has 0 atom stereocenters. The summed E-state index contributed by atoms with van der Waals surface area (Å²) < 4.78 is 7.12. The molecule has 1 aromatic carbocycles. The van der Waals surface area contributed by atoms with Gasteiger partial charge in [0.05, 0.1) is 12.0 Å². The van der Waals surface area contributed by atoms with Gasteiger partial charge in [-0.1, -0.05) is 24.6 Å². The van der Waals surface area contributed by atoms with E-state index in [1.54, 1.807) is 35.2 Å². The van der Waals surface area contributed by atoms with Crippen LogP contribution in [0, 0.1) is 0 Å². The van der Waals surface area contributed by atoms with Gasteiger partial charge in [0.25, 0.3) is 5.91 Å². The zero-order chi connectivity index (χ0) is 18.8. The first-order valence-corrected chi connectivity index (χ1v) is 9.45. The molecule has 6 nitrogen and oxygen atoms in total. The lowest BCUT2D eigenvalue weighted by Crippen LogP contribution is -2.48. The molecule has 2 aromatic heterocycles. The maximum absolute atomic E-state index is 13.2.